The summed E-state index contributed by atoms with van der Waals surface area (Å²) < 4.78 is 0. The fraction of sp³-hybridized carbons (Fsp3) is 0. The van der Waals surface area contributed by atoms with E-state index in [1.54, 1.807) is 12.4 Å². The molecule has 0 spiro atoms. The van der Waals surface area contributed by atoms with E-state index in [4.69, 9.17) is 0 Å². The summed E-state index contributed by atoms with van der Waals surface area (Å²) in [5, 5.41) is 9.06. The molecule has 0 bridgehead atoms. The molecule has 0 saturated carbocycles. The molecule has 3 rings (SSSR count). The molecular formula is C9H6N6S. The van der Waals surface area contributed by atoms with Gasteiger partial charge in [0.15, 0.2) is 5.16 Å². The summed E-state index contributed by atoms with van der Waals surface area (Å²) in [6.45, 7) is 0. The second-order valence-corrected chi connectivity index (χ2v) is 3.94. The monoisotopic (exact) mass is 230 g/mol. The number of aromatic nitrogens is 6. The highest BCUT2D eigenvalue weighted by Crippen LogP contribution is 2.27. The van der Waals surface area contributed by atoms with Crippen LogP contribution < -0.4 is 0 Å². The highest BCUT2D eigenvalue weighted by Gasteiger charge is 2.06. The quantitative estimate of drug-likeness (QED) is 0.668. The second-order valence-electron chi connectivity index (χ2n) is 2.96. The summed E-state index contributed by atoms with van der Waals surface area (Å²) in [6.07, 6.45) is 6.41. The molecule has 78 valence electrons. The maximum Gasteiger partial charge on any atom is 0.189 e. The van der Waals surface area contributed by atoms with Gasteiger partial charge in [-0.25, -0.2) is 15.0 Å². The summed E-state index contributed by atoms with van der Waals surface area (Å²) in [5.74, 6) is 0. The lowest BCUT2D eigenvalue weighted by atomic mass is 10.3. The first-order valence-corrected chi connectivity index (χ1v) is 5.33. The van der Waals surface area contributed by atoms with Gasteiger partial charge in [-0.1, -0.05) is 0 Å². The number of aromatic amines is 1. The van der Waals surface area contributed by atoms with Crippen molar-refractivity contribution < 1.29 is 0 Å². The maximum absolute atomic E-state index is 4.22. The Labute approximate surface area is 94.6 Å². The Kier molecular flexibility index (Phi) is 2.22. The van der Waals surface area contributed by atoms with Gasteiger partial charge in [0.25, 0.3) is 0 Å². The minimum absolute atomic E-state index is 0.705. The van der Waals surface area contributed by atoms with Gasteiger partial charge in [0.1, 0.15) is 17.7 Å². The number of hydrogen-bond donors (Lipinski definition) is 1. The Morgan fingerprint density at radius 1 is 1.12 bits per heavy atom. The largest absolute Gasteiger partial charge is 0.262 e. The highest BCUT2D eigenvalue weighted by atomic mass is 32.2. The van der Waals surface area contributed by atoms with Crippen molar-refractivity contribution >= 4 is 22.7 Å². The van der Waals surface area contributed by atoms with Crippen LogP contribution in [0.3, 0.4) is 0 Å². The summed E-state index contributed by atoms with van der Waals surface area (Å²) in [7, 11) is 0. The average molecular weight is 230 g/mol. The van der Waals surface area contributed by atoms with Crippen LogP contribution in [0.15, 0.2) is 41.3 Å². The molecule has 7 heteroatoms. The first kappa shape index (κ1) is 9.22. The van der Waals surface area contributed by atoms with Gasteiger partial charge in [0, 0.05) is 11.6 Å². The van der Waals surface area contributed by atoms with Gasteiger partial charge in [-0.15, -0.1) is 0 Å². The molecule has 0 aliphatic carbocycles. The Balaban J connectivity index is 2.10. The molecule has 0 aliphatic rings. The van der Waals surface area contributed by atoms with Gasteiger partial charge >= 0.3 is 0 Å². The van der Waals surface area contributed by atoms with Crippen molar-refractivity contribution in [3.8, 4) is 0 Å². The normalized spacial score (nSPS) is 10.8. The van der Waals surface area contributed by atoms with E-state index < -0.39 is 0 Å². The number of H-pyrrole nitrogens is 1. The average Bonchev–Trinajstić information content (AvgIpc) is 2.82. The van der Waals surface area contributed by atoms with Crippen LogP contribution in [0.1, 0.15) is 0 Å². The lowest BCUT2D eigenvalue weighted by molar-refractivity contribution is 0.967. The lowest BCUT2D eigenvalue weighted by Crippen LogP contribution is -1.88. The van der Waals surface area contributed by atoms with Crippen molar-refractivity contribution in [2.75, 3.05) is 0 Å². The molecule has 0 unspecified atom stereocenters. The van der Waals surface area contributed by atoms with Crippen molar-refractivity contribution in [1.29, 1.82) is 0 Å². The number of nitrogens with zero attached hydrogens (tertiary/aromatic N) is 5. The number of rotatable bonds is 2. The van der Waals surface area contributed by atoms with Gasteiger partial charge in [-0.3, -0.25) is 10.1 Å². The van der Waals surface area contributed by atoms with Crippen LogP contribution in [0.4, 0.5) is 0 Å². The van der Waals surface area contributed by atoms with E-state index in [1.807, 2.05) is 6.07 Å². The van der Waals surface area contributed by atoms with Crippen LogP contribution >= 0.6 is 11.8 Å². The molecule has 1 N–H and O–H groups in total. The maximum atomic E-state index is 4.22. The second kappa shape index (κ2) is 3.86. The fourth-order valence-electron chi connectivity index (χ4n) is 1.30. The van der Waals surface area contributed by atoms with Crippen LogP contribution in [-0.4, -0.2) is 30.1 Å². The van der Waals surface area contributed by atoms with Crippen molar-refractivity contribution in [2.45, 2.75) is 10.2 Å². The molecule has 0 amide bonds. The fourth-order valence-corrected chi connectivity index (χ4v) is 2.06. The SMILES string of the molecule is c1cc2c(Sc3ncn[nH]3)ncnc2cn1. The summed E-state index contributed by atoms with van der Waals surface area (Å²) >= 11 is 1.42. The molecule has 0 aromatic carbocycles. The highest BCUT2D eigenvalue weighted by molar-refractivity contribution is 7.99. The Morgan fingerprint density at radius 3 is 3.00 bits per heavy atom. The minimum Gasteiger partial charge on any atom is -0.262 e. The molecule has 0 saturated heterocycles. The van der Waals surface area contributed by atoms with E-state index in [2.05, 4.69) is 30.1 Å². The summed E-state index contributed by atoms with van der Waals surface area (Å²) in [6, 6.07) is 1.88. The summed E-state index contributed by atoms with van der Waals surface area (Å²) in [4.78, 5) is 16.4. The molecule has 0 radical (unpaired) electrons. The first-order valence-electron chi connectivity index (χ1n) is 4.51. The van der Waals surface area contributed by atoms with E-state index in [9.17, 15) is 0 Å². The van der Waals surface area contributed by atoms with Crippen LogP contribution in [0.2, 0.25) is 0 Å². The minimum atomic E-state index is 0.705. The Morgan fingerprint density at radius 2 is 2.12 bits per heavy atom. The van der Waals surface area contributed by atoms with Crippen LogP contribution in [0.25, 0.3) is 10.9 Å². The van der Waals surface area contributed by atoms with Gasteiger partial charge in [0.05, 0.1) is 11.7 Å². The molecule has 0 fully saturated rings. The summed E-state index contributed by atoms with van der Waals surface area (Å²) in [5.41, 5.74) is 0.819. The van der Waals surface area contributed by atoms with Crippen molar-refractivity contribution in [2.24, 2.45) is 0 Å². The van der Waals surface area contributed by atoms with Gasteiger partial charge in [-0.05, 0) is 17.8 Å². The van der Waals surface area contributed by atoms with Crippen molar-refractivity contribution in [3.05, 3.63) is 31.1 Å². The smallest absolute Gasteiger partial charge is 0.189 e. The zero-order valence-electron chi connectivity index (χ0n) is 8.03. The third-order valence-electron chi connectivity index (χ3n) is 1.99. The molecule has 0 aliphatic heterocycles. The standard InChI is InChI=1S/C9H6N6S/c1-2-10-3-7-6(1)8(12-4-11-7)16-9-13-5-14-15-9/h1-5H,(H,13,14,15). The van der Waals surface area contributed by atoms with Crippen LogP contribution in [0, 0.1) is 0 Å². The number of fused-ring (bicyclic) bond motifs is 1. The molecule has 3 aromatic rings. The van der Waals surface area contributed by atoms with Crippen LogP contribution in [0.5, 0.6) is 0 Å². The third-order valence-corrected chi connectivity index (χ3v) is 2.90. The number of nitrogens with one attached hydrogen (secondary N) is 1. The molecule has 3 heterocycles. The molecule has 0 atom stereocenters. The predicted molar refractivity (Wildman–Crippen MR) is 57.8 cm³/mol. The number of pyridine rings is 1. The zero-order chi connectivity index (χ0) is 10.8. The first-order chi connectivity index (χ1) is 7.93. The van der Waals surface area contributed by atoms with Crippen molar-refractivity contribution in [1.82, 2.24) is 30.1 Å². The van der Waals surface area contributed by atoms with E-state index in [-0.39, 0.29) is 0 Å². The molecular weight excluding hydrogens is 224 g/mol. The topological polar surface area (TPSA) is 80.2 Å². The molecule has 16 heavy (non-hydrogen) atoms. The molecule has 3 aromatic heterocycles. The van der Waals surface area contributed by atoms with E-state index in [0.717, 1.165) is 15.9 Å². The lowest BCUT2D eigenvalue weighted by Gasteiger charge is -2.00. The predicted octanol–water partition coefficient (Wildman–Crippen LogP) is 1.29. The van der Waals surface area contributed by atoms with Gasteiger partial charge in [0.2, 0.25) is 0 Å². The number of hydrogen-bond acceptors (Lipinski definition) is 6. The van der Waals surface area contributed by atoms with E-state index >= 15 is 0 Å². The van der Waals surface area contributed by atoms with Gasteiger partial charge < -0.3 is 0 Å². The van der Waals surface area contributed by atoms with Crippen molar-refractivity contribution in [3.63, 3.8) is 0 Å². The molecule has 6 nitrogen and oxygen atoms in total. The van der Waals surface area contributed by atoms with Gasteiger partial charge in [-0.2, -0.15) is 5.10 Å². The Bertz CT molecular complexity index is 603. The Hall–Kier alpha value is -2.02. The zero-order valence-corrected chi connectivity index (χ0v) is 8.85. The van der Waals surface area contributed by atoms with E-state index in [1.165, 1.54) is 24.4 Å². The van der Waals surface area contributed by atoms with Crippen LogP contribution in [-0.2, 0) is 0 Å². The third kappa shape index (κ3) is 1.61. The van der Waals surface area contributed by atoms with E-state index in [0.29, 0.717) is 5.16 Å².